The standard InChI is InChI=1S/C27H23F2N3O2S/c1-30-23-16-19(26(33)32-14-12-31(13-15-32)22-9-5-4-8-21(22)29)10-11-24(23)35-25(27(30)34)17-18-6-2-3-7-20(18)28/h2-11,16-17H,12-15H2,1H3/b25-17-. The molecule has 0 N–H and O–H groups in total. The number of hydrogen-bond donors (Lipinski definition) is 0. The molecule has 1 saturated heterocycles. The zero-order chi connectivity index (χ0) is 24.5. The van der Waals surface area contributed by atoms with Crippen molar-refractivity contribution in [2.24, 2.45) is 0 Å². The molecule has 0 atom stereocenters. The minimum Gasteiger partial charge on any atom is -0.366 e. The first-order chi connectivity index (χ1) is 16.9. The fourth-order valence-corrected chi connectivity index (χ4v) is 5.38. The van der Waals surface area contributed by atoms with E-state index in [0.29, 0.717) is 53.6 Å². The number of fused-ring (bicyclic) bond motifs is 1. The van der Waals surface area contributed by atoms with Gasteiger partial charge in [0, 0.05) is 49.2 Å². The number of carbonyl (C=O) groups excluding carboxylic acids is 2. The van der Waals surface area contributed by atoms with Crippen LogP contribution in [0.3, 0.4) is 0 Å². The Hall–Kier alpha value is -3.65. The first-order valence-electron chi connectivity index (χ1n) is 11.3. The van der Waals surface area contributed by atoms with Crippen LogP contribution in [-0.2, 0) is 4.79 Å². The maximum atomic E-state index is 14.1. The molecular weight excluding hydrogens is 468 g/mol. The van der Waals surface area contributed by atoms with Crippen LogP contribution in [-0.4, -0.2) is 49.9 Å². The third-order valence-corrected chi connectivity index (χ3v) is 7.33. The van der Waals surface area contributed by atoms with Crippen LogP contribution in [0.25, 0.3) is 6.08 Å². The molecule has 0 unspecified atom stereocenters. The van der Waals surface area contributed by atoms with Crippen molar-refractivity contribution in [1.82, 2.24) is 4.90 Å². The smallest absolute Gasteiger partial charge is 0.264 e. The van der Waals surface area contributed by atoms with E-state index in [2.05, 4.69) is 0 Å². The highest BCUT2D eigenvalue weighted by Crippen LogP contribution is 2.42. The molecule has 0 spiro atoms. The van der Waals surface area contributed by atoms with Crippen molar-refractivity contribution in [3.05, 3.63) is 94.4 Å². The Morgan fingerprint density at radius 3 is 2.29 bits per heavy atom. The minimum absolute atomic E-state index is 0.125. The van der Waals surface area contributed by atoms with Crippen LogP contribution in [0.15, 0.2) is 76.5 Å². The van der Waals surface area contributed by atoms with Crippen molar-refractivity contribution in [3.63, 3.8) is 0 Å². The first-order valence-corrected chi connectivity index (χ1v) is 12.1. The number of likely N-dealkylation sites (N-methyl/N-ethyl adjacent to an activating group) is 1. The Morgan fingerprint density at radius 1 is 0.886 bits per heavy atom. The number of anilines is 2. The largest absolute Gasteiger partial charge is 0.366 e. The van der Waals surface area contributed by atoms with Crippen LogP contribution in [0.4, 0.5) is 20.2 Å². The number of rotatable bonds is 3. The summed E-state index contributed by atoms with van der Waals surface area (Å²) in [4.78, 5) is 32.6. The summed E-state index contributed by atoms with van der Waals surface area (Å²) >= 11 is 1.26. The van der Waals surface area contributed by atoms with Gasteiger partial charge in [-0.2, -0.15) is 0 Å². The second kappa shape index (κ2) is 9.54. The van der Waals surface area contributed by atoms with Crippen molar-refractivity contribution < 1.29 is 18.4 Å². The highest BCUT2D eigenvalue weighted by Gasteiger charge is 2.29. The lowest BCUT2D eigenvalue weighted by atomic mass is 10.1. The normalized spacial score (nSPS) is 17.1. The zero-order valence-corrected chi connectivity index (χ0v) is 19.9. The van der Waals surface area contributed by atoms with E-state index < -0.39 is 5.82 Å². The molecule has 3 aromatic rings. The Labute approximate surface area is 206 Å². The molecule has 8 heteroatoms. The zero-order valence-electron chi connectivity index (χ0n) is 19.1. The van der Waals surface area contributed by atoms with E-state index in [9.17, 15) is 18.4 Å². The van der Waals surface area contributed by atoms with Crippen molar-refractivity contribution >= 4 is 41.0 Å². The van der Waals surface area contributed by atoms with Gasteiger partial charge in [-0.3, -0.25) is 9.59 Å². The molecule has 5 rings (SSSR count). The number of para-hydroxylation sites is 1. The van der Waals surface area contributed by atoms with Crippen LogP contribution in [0.1, 0.15) is 15.9 Å². The van der Waals surface area contributed by atoms with Crippen molar-refractivity contribution in [2.45, 2.75) is 4.90 Å². The molecule has 35 heavy (non-hydrogen) atoms. The molecule has 2 heterocycles. The van der Waals surface area contributed by atoms with Crippen LogP contribution in [0.2, 0.25) is 0 Å². The topological polar surface area (TPSA) is 43.9 Å². The summed E-state index contributed by atoms with van der Waals surface area (Å²) in [6.07, 6.45) is 1.55. The van der Waals surface area contributed by atoms with Gasteiger partial charge in [-0.1, -0.05) is 42.1 Å². The molecule has 3 aromatic carbocycles. The SMILES string of the molecule is CN1C(=O)/C(=C/c2ccccc2F)Sc2ccc(C(=O)N3CCN(c4ccccc4F)CC3)cc21. The number of thioether (sulfide) groups is 1. The number of halogens is 2. The van der Waals surface area contributed by atoms with Gasteiger partial charge in [0.25, 0.3) is 11.8 Å². The molecule has 2 aliphatic rings. The third kappa shape index (κ3) is 4.53. The molecule has 0 bridgehead atoms. The van der Waals surface area contributed by atoms with Gasteiger partial charge in [-0.25, -0.2) is 8.78 Å². The van der Waals surface area contributed by atoms with Crippen molar-refractivity contribution in [2.75, 3.05) is 43.0 Å². The van der Waals surface area contributed by atoms with E-state index in [4.69, 9.17) is 0 Å². The molecule has 2 amide bonds. The van der Waals surface area contributed by atoms with Gasteiger partial charge < -0.3 is 14.7 Å². The number of carbonyl (C=O) groups is 2. The summed E-state index contributed by atoms with van der Waals surface area (Å²) in [6, 6.07) is 18.3. The molecule has 0 aliphatic carbocycles. The highest BCUT2D eigenvalue weighted by atomic mass is 32.2. The molecule has 0 aromatic heterocycles. The van der Waals surface area contributed by atoms with Gasteiger partial charge in [0.05, 0.1) is 16.3 Å². The molecule has 2 aliphatic heterocycles. The van der Waals surface area contributed by atoms with Crippen molar-refractivity contribution in [3.8, 4) is 0 Å². The Morgan fingerprint density at radius 2 is 1.57 bits per heavy atom. The average molecular weight is 492 g/mol. The number of benzene rings is 3. The van der Waals surface area contributed by atoms with E-state index in [-0.39, 0.29) is 17.6 Å². The lowest BCUT2D eigenvalue weighted by Gasteiger charge is -2.36. The van der Waals surface area contributed by atoms with Gasteiger partial charge in [0.15, 0.2) is 0 Å². The Balaban J connectivity index is 1.32. The fourth-order valence-electron chi connectivity index (χ4n) is 4.30. The average Bonchev–Trinajstić information content (AvgIpc) is 2.88. The number of nitrogens with zero attached hydrogens (tertiary/aromatic N) is 3. The summed E-state index contributed by atoms with van der Waals surface area (Å²) in [5, 5.41) is 0. The molecule has 1 fully saturated rings. The predicted molar refractivity (Wildman–Crippen MR) is 135 cm³/mol. The van der Waals surface area contributed by atoms with Crippen LogP contribution >= 0.6 is 11.8 Å². The third-order valence-electron chi connectivity index (χ3n) is 6.25. The lowest BCUT2D eigenvalue weighted by Crippen LogP contribution is -2.49. The first kappa shape index (κ1) is 23.1. The van der Waals surface area contributed by atoms with Gasteiger partial charge in [0.2, 0.25) is 0 Å². The number of piperazine rings is 1. The van der Waals surface area contributed by atoms with E-state index in [1.165, 1.54) is 28.8 Å². The highest BCUT2D eigenvalue weighted by molar-refractivity contribution is 8.04. The monoisotopic (exact) mass is 491 g/mol. The Bertz CT molecular complexity index is 1340. The summed E-state index contributed by atoms with van der Waals surface area (Å²) < 4.78 is 28.2. The molecule has 178 valence electrons. The van der Waals surface area contributed by atoms with Crippen LogP contribution in [0.5, 0.6) is 0 Å². The molecule has 0 saturated carbocycles. The summed E-state index contributed by atoms with van der Waals surface area (Å²) in [5.41, 5.74) is 2.03. The maximum Gasteiger partial charge on any atom is 0.264 e. The molecule has 0 radical (unpaired) electrons. The predicted octanol–water partition coefficient (Wildman–Crippen LogP) is 5.04. The van der Waals surface area contributed by atoms with Crippen LogP contribution in [0, 0.1) is 11.6 Å². The van der Waals surface area contributed by atoms with Crippen molar-refractivity contribution in [1.29, 1.82) is 0 Å². The fraction of sp³-hybridized carbons (Fsp3) is 0.185. The second-order valence-electron chi connectivity index (χ2n) is 8.41. The van der Waals surface area contributed by atoms with Gasteiger partial charge in [-0.05, 0) is 42.5 Å². The van der Waals surface area contributed by atoms with Gasteiger partial charge in [0.1, 0.15) is 11.6 Å². The summed E-state index contributed by atoms with van der Waals surface area (Å²) in [7, 11) is 1.65. The van der Waals surface area contributed by atoms with E-state index in [1.807, 2.05) is 11.0 Å². The summed E-state index contributed by atoms with van der Waals surface area (Å²) in [6.45, 7) is 2.03. The van der Waals surface area contributed by atoms with E-state index in [0.717, 1.165) is 4.90 Å². The van der Waals surface area contributed by atoms with Gasteiger partial charge >= 0.3 is 0 Å². The lowest BCUT2D eigenvalue weighted by molar-refractivity contribution is -0.114. The summed E-state index contributed by atoms with van der Waals surface area (Å²) in [5.74, 6) is -1.04. The van der Waals surface area contributed by atoms with Gasteiger partial charge in [-0.15, -0.1) is 0 Å². The molecular formula is C27H23F2N3O2S. The Kier molecular flexibility index (Phi) is 6.30. The minimum atomic E-state index is -0.391. The number of hydrogen-bond acceptors (Lipinski definition) is 4. The second-order valence-corrected chi connectivity index (χ2v) is 9.49. The molecule has 5 nitrogen and oxygen atoms in total. The van der Waals surface area contributed by atoms with E-state index >= 15 is 0 Å². The number of amides is 2. The van der Waals surface area contributed by atoms with Crippen LogP contribution < -0.4 is 9.80 Å². The quantitative estimate of drug-likeness (QED) is 0.482. The maximum absolute atomic E-state index is 14.1. The van der Waals surface area contributed by atoms with E-state index in [1.54, 1.807) is 66.6 Å².